The SMILES string of the molecule is CC(C)[C@@H](C)[C@@]1(C)CC[C@]2(C)[C@H]3CC[C@@H]4[C@@]5(COC[C@@]4(C)[C@@H](OCC4CCCN4)[C@H](n4nnc(N)n4)C5)C3=CC[C@@]2(C)[C@@H]1C(=O)O. The molecule has 46 heavy (non-hydrogen) atoms. The number of carbonyl (C=O) groups is 1. The Morgan fingerprint density at radius 3 is 2.59 bits per heavy atom. The van der Waals surface area contributed by atoms with Crippen LogP contribution in [0.4, 0.5) is 5.95 Å². The Morgan fingerprint density at radius 2 is 1.93 bits per heavy atom. The minimum atomic E-state index is -0.620. The summed E-state index contributed by atoms with van der Waals surface area (Å²) in [5, 5.41) is 27.7. The van der Waals surface area contributed by atoms with E-state index in [-0.39, 0.29) is 45.2 Å². The van der Waals surface area contributed by atoms with Gasteiger partial charge in [-0.05, 0) is 103 Å². The number of carboxylic acids is 1. The van der Waals surface area contributed by atoms with Crippen LogP contribution in [-0.2, 0) is 14.3 Å². The van der Waals surface area contributed by atoms with Gasteiger partial charge in [0.05, 0.1) is 31.8 Å². The van der Waals surface area contributed by atoms with Gasteiger partial charge in [-0.25, -0.2) is 0 Å². The minimum absolute atomic E-state index is 0.120. The maximum absolute atomic E-state index is 13.4. The zero-order valence-electron chi connectivity index (χ0n) is 29.2. The molecule has 256 valence electrons. The van der Waals surface area contributed by atoms with E-state index in [1.807, 2.05) is 0 Å². The van der Waals surface area contributed by atoms with Crippen molar-refractivity contribution < 1.29 is 19.4 Å². The number of ether oxygens (including phenoxy) is 2. The van der Waals surface area contributed by atoms with Gasteiger partial charge in [-0.2, -0.15) is 4.80 Å². The number of fused-ring (bicyclic) bond motifs is 3. The summed E-state index contributed by atoms with van der Waals surface area (Å²) >= 11 is 0. The summed E-state index contributed by atoms with van der Waals surface area (Å²) in [5.41, 5.74) is 6.40. The van der Waals surface area contributed by atoms with E-state index in [2.05, 4.69) is 75.3 Å². The lowest BCUT2D eigenvalue weighted by Crippen LogP contribution is -2.69. The van der Waals surface area contributed by atoms with Gasteiger partial charge in [-0.3, -0.25) is 4.79 Å². The van der Waals surface area contributed by atoms with Crippen molar-refractivity contribution in [3.05, 3.63) is 11.6 Å². The van der Waals surface area contributed by atoms with Gasteiger partial charge in [-0.1, -0.05) is 65.2 Å². The van der Waals surface area contributed by atoms with E-state index < -0.39 is 11.9 Å². The molecule has 7 rings (SSSR count). The van der Waals surface area contributed by atoms with Crippen molar-refractivity contribution in [1.82, 2.24) is 25.5 Å². The summed E-state index contributed by atoms with van der Waals surface area (Å²) in [5.74, 6) is 0.617. The molecule has 1 unspecified atom stereocenters. The maximum atomic E-state index is 13.4. The zero-order valence-corrected chi connectivity index (χ0v) is 29.2. The molecule has 10 heteroatoms. The number of carboxylic acid groups (broad SMARTS) is 1. The van der Waals surface area contributed by atoms with Crippen molar-refractivity contribution in [3.8, 4) is 0 Å². The van der Waals surface area contributed by atoms with Crippen molar-refractivity contribution >= 4 is 11.9 Å². The third-order valence-electron chi connectivity index (χ3n) is 15.5. The van der Waals surface area contributed by atoms with Crippen LogP contribution in [-0.4, -0.2) is 69.8 Å². The van der Waals surface area contributed by atoms with Crippen LogP contribution < -0.4 is 11.1 Å². The molecule has 0 spiro atoms. The fraction of sp³-hybridized carbons (Fsp3) is 0.889. The zero-order chi connectivity index (χ0) is 32.9. The lowest BCUT2D eigenvalue weighted by atomic mass is 9.34. The number of hydrogen-bond acceptors (Lipinski definition) is 8. The molecule has 1 aromatic heterocycles. The van der Waals surface area contributed by atoms with Crippen LogP contribution in [0, 0.1) is 56.7 Å². The molecule has 2 aliphatic heterocycles. The van der Waals surface area contributed by atoms with E-state index in [0.29, 0.717) is 49.5 Å². The fourth-order valence-corrected chi connectivity index (χ4v) is 12.6. The molecular weight excluding hydrogens is 580 g/mol. The van der Waals surface area contributed by atoms with Crippen LogP contribution in [0.5, 0.6) is 0 Å². The van der Waals surface area contributed by atoms with E-state index in [4.69, 9.17) is 15.2 Å². The number of nitrogens with zero attached hydrogens (tertiary/aromatic N) is 4. The molecule has 0 amide bonds. The molecule has 3 heterocycles. The smallest absolute Gasteiger partial charge is 0.307 e. The van der Waals surface area contributed by atoms with E-state index in [0.717, 1.165) is 51.5 Å². The number of nitrogen functional groups attached to an aromatic ring is 1. The van der Waals surface area contributed by atoms with E-state index in [9.17, 15) is 9.90 Å². The fourth-order valence-electron chi connectivity index (χ4n) is 12.6. The van der Waals surface area contributed by atoms with E-state index >= 15 is 0 Å². The van der Waals surface area contributed by atoms with Crippen molar-refractivity contribution in [2.24, 2.45) is 56.7 Å². The Labute approximate surface area is 275 Å². The van der Waals surface area contributed by atoms with Gasteiger partial charge in [0, 0.05) is 16.9 Å². The predicted octanol–water partition coefficient (Wildman–Crippen LogP) is 5.52. The first kappa shape index (κ1) is 32.5. The van der Waals surface area contributed by atoms with Crippen LogP contribution in [0.1, 0.15) is 106 Å². The molecule has 2 bridgehead atoms. The first-order valence-corrected chi connectivity index (χ1v) is 18.1. The van der Waals surface area contributed by atoms with Gasteiger partial charge < -0.3 is 25.6 Å². The molecule has 12 atom stereocenters. The van der Waals surface area contributed by atoms with Crippen molar-refractivity contribution in [2.75, 3.05) is 32.1 Å². The second-order valence-corrected chi connectivity index (χ2v) is 17.6. The second-order valence-electron chi connectivity index (χ2n) is 17.6. The molecule has 4 N–H and O–H groups in total. The molecular formula is C36H58N6O4. The van der Waals surface area contributed by atoms with Crippen LogP contribution in [0.15, 0.2) is 11.6 Å². The standard InChI is InChI=1S/C36H58N6O4/c1-21(2)22(3)32(4)14-15-34(6)24-10-11-27-33(5)19-45-20-36(27,25(24)12-13-35(34,7)28(32)30(43)44)17-26(42-40-31(37)39-41-42)29(33)46-18-23-9-8-16-38-23/h12,21-24,26-29,38H,8-11,13-20H2,1-7H3,(H2,37,40)(H,43,44)/t22-,23?,24+,26-,27+,28-,29+,32-,33-,34-,35+,36+/m1/s1. The van der Waals surface area contributed by atoms with Gasteiger partial charge in [0.25, 0.3) is 5.95 Å². The number of anilines is 1. The van der Waals surface area contributed by atoms with Gasteiger partial charge in [-0.15, -0.1) is 5.10 Å². The normalized spacial score (nSPS) is 47.4. The van der Waals surface area contributed by atoms with E-state index in [1.165, 1.54) is 12.0 Å². The van der Waals surface area contributed by atoms with Gasteiger partial charge in [0.1, 0.15) is 6.04 Å². The summed E-state index contributed by atoms with van der Waals surface area (Å²) in [6.45, 7) is 19.2. The van der Waals surface area contributed by atoms with Gasteiger partial charge in [0.15, 0.2) is 0 Å². The minimum Gasteiger partial charge on any atom is -0.481 e. The summed E-state index contributed by atoms with van der Waals surface area (Å²) in [4.78, 5) is 15.1. The second kappa shape index (κ2) is 11.0. The Balaban J connectivity index is 1.30. The number of allylic oxidation sites excluding steroid dienone is 1. The number of nitrogens with two attached hydrogens (primary N) is 1. The quantitative estimate of drug-likeness (QED) is 0.330. The first-order chi connectivity index (χ1) is 21.7. The molecule has 3 saturated carbocycles. The number of nitrogens with one attached hydrogen (secondary N) is 1. The topological polar surface area (TPSA) is 137 Å². The maximum Gasteiger partial charge on any atom is 0.307 e. The number of hydrogen-bond donors (Lipinski definition) is 3. The van der Waals surface area contributed by atoms with Crippen LogP contribution in [0.2, 0.25) is 0 Å². The Bertz CT molecular complexity index is 1380. The molecule has 0 aromatic carbocycles. The first-order valence-electron chi connectivity index (χ1n) is 18.1. The predicted molar refractivity (Wildman–Crippen MR) is 176 cm³/mol. The molecule has 4 aliphatic carbocycles. The average molecular weight is 639 g/mol. The number of rotatable bonds is 7. The van der Waals surface area contributed by atoms with Crippen molar-refractivity contribution in [1.29, 1.82) is 0 Å². The van der Waals surface area contributed by atoms with Gasteiger partial charge in [0.2, 0.25) is 0 Å². The lowest BCUT2D eigenvalue weighted by molar-refractivity contribution is -0.252. The number of tetrazole rings is 1. The summed E-state index contributed by atoms with van der Waals surface area (Å²) in [6.07, 6.45) is 10.4. The molecule has 1 aromatic rings. The summed E-state index contributed by atoms with van der Waals surface area (Å²) in [6, 6.07) is 0.242. The third kappa shape index (κ3) is 4.37. The van der Waals surface area contributed by atoms with Crippen molar-refractivity contribution in [3.63, 3.8) is 0 Å². The van der Waals surface area contributed by atoms with Gasteiger partial charge >= 0.3 is 5.97 Å². The molecule has 0 radical (unpaired) electrons. The molecule has 5 fully saturated rings. The highest BCUT2D eigenvalue weighted by Crippen LogP contribution is 2.75. The highest BCUT2D eigenvalue weighted by atomic mass is 16.5. The molecule has 10 nitrogen and oxygen atoms in total. The van der Waals surface area contributed by atoms with Crippen LogP contribution in [0.3, 0.4) is 0 Å². The third-order valence-corrected chi connectivity index (χ3v) is 15.5. The highest BCUT2D eigenvalue weighted by molar-refractivity contribution is 5.73. The Hall–Kier alpha value is -2.04. The largest absolute Gasteiger partial charge is 0.481 e. The van der Waals surface area contributed by atoms with E-state index in [1.54, 1.807) is 4.80 Å². The highest BCUT2D eigenvalue weighted by Gasteiger charge is 2.72. The average Bonchev–Trinajstić information content (AvgIpc) is 3.68. The monoisotopic (exact) mass is 638 g/mol. The number of aromatic nitrogens is 4. The lowest BCUT2D eigenvalue weighted by Gasteiger charge is -2.71. The molecule has 6 aliphatic rings. The van der Waals surface area contributed by atoms with Crippen LogP contribution in [0.25, 0.3) is 0 Å². The summed E-state index contributed by atoms with van der Waals surface area (Å²) < 4.78 is 13.6. The summed E-state index contributed by atoms with van der Waals surface area (Å²) in [7, 11) is 0. The number of aliphatic carboxylic acids is 1. The van der Waals surface area contributed by atoms with Crippen LogP contribution >= 0.6 is 0 Å². The van der Waals surface area contributed by atoms with Crippen molar-refractivity contribution in [2.45, 2.75) is 118 Å². The Morgan fingerprint density at radius 1 is 1.15 bits per heavy atom. The Kier molecular flexibility index (Phi) is 7.77. The molecule has 2 saturated heterocycles.